The van der Waals surface area contributed by atoms with Crippen molar-refractivity contribution < 1.29 is 9.66 Å². The summed E-state index contributed by atoms with van der Waals surface area (Å²) in [6.45, 7) is 2.47. The second-order valence-corrected chi connectivity index (χ2v) is 4.73. The summed E-state index contributed by atoms with van der Waals surface area (Å²) in [7, 11) is 1.64. The number of nitrogens with one attached hydrogen (secondary N) is 1. The van der Waals surface area contributed by atoms with Crippen molar-refractivity contribution in [2.24, 2.45) is 0 Å². The molecule has 2 aromatic rings. The number of ether oxygens (including phenoxy) is 1. The Morgan fingerprint density at radius 2 is 1.90 bits per heavy atom. The van der Waals surface area contributed by atoms with Gasteiger partial charge in [0.15, 0.2) is 0 Å². The minimum Gasteiger partial charge on any atom is -0.497 e. The van der Waals surface area contributed by atoms with Gasteiger partial charge in [-0.3, -0.25) is 10.1 Å². The molecule has 0 aliphatic heterocycles. The van der Waals surface area contributed by atoms with Crippen molar-refractivity contribution in [3.05, 3.63) is 63.7 Å². The van der Waals surface area contributed by atoms with Crippen LogP contribution in [0.3, 0.4) is 0 Å². The number of rotatable bonds is 6. The summed E-state index contributed by atoms with van der Waals surface area (Å²) in [6.07, 6.45) is 0.839. The summed E-state index contributed by atoms with van der Waals surface area (Å²) in [5, 5.41) is 14.1. The quantitative estimate of drug-likeness (QED) is 0.651. The summed E-state index contributed by atoms with van der Waals surface area (Å²) in [6, 6.07) is 12.9. The van der Waals surface area contributed by atoms with Gasteiger partial charge in [-0.2, -0.15) is 0 Å². The fourth-order valence-corrected chi connectivity index (χ4v) is 2.15. The van der Waals surface area contributed by atoms with Crippen molar-refractivity contribution in [3.8, 4) is 5.75 Å². The number of nitro benzene ring substituents is 1. The molecule has 21 heavy (non-hydrogen) atoms. The molecule has 2 aromatic carbocycles. The largest absolute Gasteiger partial charge is 0.497 e. The Morgan fingerprint density at radius 3 is 2.52 bits per heavy atom. The first-order chi connectivity index (χ1) is 10.1. The first-order valence-corrected chi connectivity index (χ1v) is 6.72. The van der Waals surface area contributed by atoms with Crippen molar-refractivity contribution in [1.82, 2.24) is 0 Å². The smallest absolute Gasteiger partial charge is 0.274 e. The molecule has 0 spiro atoms. The van der Waals surface area contributed by atoms with E-state index in [9.17, 15) is 10.1 Å². The molecular formula is C16H18N2O3. The fourth-order valence-electron chi connectivity index (χ4n) is 2.15. The minimum atomic E-state index is -0.357. The van der Waals surface area contributed by atoms with Crippen LogP contribution in [0.25, 0.3) is 0 Å². The maximum Gasteiger partial charge on any atom is 0.274 e. The van der Waals surface area contributed by atoms with Crippen LogP contribution >= 0.6 is 0 Å². The van der Waals surface area contributed by atoms with Crippen LogP contribution in [-0.2, 0) is 6.42 Å². The molecule has 2 rings (SSSR count). The topological polar surface area (TPSA) is 64.4 Å². The number of hydrogen-bond acceptors (Lipinski definition) is 4. The predicted molar refractivity (Wildman–Crippen MR) is 83.0 cm³/mol. The van der Waals surface area contributed by atoms with Crippen molar-refractivity contribution in [3.63, 3.8) is 0 Å². The van der Waals surface area contributed by atoms with Gasteiger partial charge < -0.3 is 10.1 Å². The third-order valence-corrected chi connectivity index (χ3v) is 3.39. The highest BCUT2D eigenvalue weighted by atomic mass is 16.6. The zero-order chi connectivity index (χ0) is 15.2. The van der Waals surface area contributed by atoms with Gasteiger partial charge in [0.1, 0.15) is 5.75 Å². The van der Waals surface area contributed by atoms with Gasteiger partial charge in [-0.15, -0.1) is 0 Å². The lowest BCUT2D eigenvalue weighted by Crippen LogP contribution is -2.07. The van der Waals surface area contributed by atoms with Crippen molar-refractivity contribution >= 4 is 11.4 Å². The van der Waals surface area contributed by atoms with Gasteiger partial charge in [-0.25, -0.2) is 0 Å². The van der Waals surface area contributed by atoms with Crippen LogP contribution in [0.4, 0.5) is 11.4 Å². The molecule has 5 nitrogen and oxygen atoms in total. The standard InChI is InChI=1S/C16H18N2O3/c1-12-15(4-3-5-16(12)18(19)20)17-11-10-13-6-8-14(21-2)9-7-13/h3-9,17H,10-11H2,1-2H3. The first kappa shape index (κ1) is 14.8. The van der Waals surface area contributed by atoms with Gasteiger partial charge in [0.05, 0.1) is 12.0 Å². The van der Waals surface area contributed by atoms with Crippen LogP contribution in [0.5, 0.6) is 5.75 Å². The van der Waals surface area contributed by atoms with Gasteiger partial charge in [0, 0.05) is 23.9 Å². The highest BCUT2D eigenvalue weighted by Crippen LogP contribution is 2.24. The van der Waals surface area contributed by atoms with E-state index in [1.165, 1.54) is 11.6 Å². The predicted octanol–water partition coefficient (Wildman–Crippen LogP) is 3.57. The lowest BCUT2D eigenvalue weighted by molar-refractivity contribution is -0.385. The molecule has 0 fully saturated rings. The molecule has 0 aliphatic rings. The molecule has 0 atom stereocenters. The number of anilines is 1. The highest BCUT2D eigenvalue weighted by Gasteiger charge is 2.12. The van der Waals surface area contributed by atoms with Crippen LogP contribution in [0.1, 0.15) is 11.1 Å². The minimum absolute atomic E-state index is 0.143. The van der Waals surface area contributed by atoms with E-state index < -0.39 is 0 Å². The van der Waals surface area contributed by atoms with E-state index in [0.29, 0.717) is 12.1 Å². The van der Waals surface area contributed by atoms with E-state index in [2.05, 4.69) is 5.32 Å². The zero-order valence-electron chi connectivity index (χ0n) is 12.1. The molecule has 0 radical (unpaired) electrons. The van der Waals surface area contributed by atoms with Gasteiger partial charge >= 0.3 is 0 Å². The zero-order valence-corrected chi connectivity index (χ0v) is 12.1. The van der Waals surface area contributed by atoms with Gasteiger partial charge in [-0.05, 0) is 37.1 Å². The van der Waals surface area contributed by atoms with Crippen molar-refractivity contribution in [2.75, 3.05) is 19.0 Å². The number of nitro groups is 1. The van der Waals surface area contributed by atoms with Crippen LogP contribution in [0.15, 0.2) is 42.5 Å². The van der Waals surface area contributed by atoms with E-state index in [1.807, 2.05) is 30.3 Å². The third-order valence-electron chi connectivity index (χ3n) is 3.39. The Balaban J connectivity index is 1.97. The fraction of sp³-hybridized carbons (Fsp3) is 0.250. The molecular weight excluding hydrogens is 268 g/mol. The summed E-state index contributed by atoms with van der Waals surface area (Å²) in [5.41, 5.74) is 2.80. The van der Waals surface area contributed by atoms with Crippen molar-refractivity contribution in [1.29, 1.82) is 0 Å². The molecule has 0 bridgehead atoms. The van der Waals surface area contributed by atoms with Crippen LogP contribution in [0, 0.1) is 17.0 Å². The molecule has 0 saturated carbocycles. The van der Waals surface area contributed by atoms with Crippen LogP contribution < -0.4 is 10.1 Å². The molecule has 0 aliphatic carbocycles. The first-order valence-electron chi connectivity index (χ1n) is 6.72. The number of benzene rings is 2. The normalized spacial score (nSPS) is 10.2. The average molecular weight is 286 g/mol. The summed E-state index contributed by atoms with van der Waals surface area (Å²) < 4.78 is 5.11. The van der Waals surface area contributed by atoms with E-state index in [0.717, 1.165) is 17.9 Å². The number of nitrogens with zero attached hydrogens (tertiary/aromatic N) is 1. The summed E-state index contributed by atoms with van der Waals surface area (Å²) in [4.78, 5) is 10.5. The van der Waals surface area contributed by atoms with E-state index in [4.69, 9.17) is 4.74 Å². The monoisotopic (exact) mass is 286 g/mol. The Bertz CT molecular complexity index is 624. The second kappa shape index (κ2) is 6.74. The maximum absolute atomic E-state index is 10.9. The highest BCUT2D eigenvalue weighted by molar-refractivity contribution is 5.59. The maximum atomic E-state index is 10.9. The van der Waals surface area contributed by atoms with Crippen LogP contribution in [-0.4, -0.2) is 18.6 Å². The molecule has 0 aromatic heterocycles. The number of hydrogen-bond donors (Lipinski definition) is 1. The molecule has 5 heteroatoms. The molecule has 110 valence electrons. The molecule has 0 unspecified atom stereocenters. The van der Waals surface area contributed by atoms with Gasteiger partial charge in [0.25, 0.3) is 5.69 Å². The van der Waals surface area contributed by atoms with Gasteiger partial charge in [0.2, 0.25) is 0 Å². The van der Waals surface area contributed by atoms with Crippen LogP contribution in [0.2, 0.25) is 0 Å². The SMILES string of the molecule is COc1ccc(CCNc2cccc([N+](=O)[O-])c2C)cc1. The Kier molecular flexibility index (Phi) is 4.77. The van der Waals surface area contributed by atoms with E-state index in [-0.39, 0.29) is 10.6 Å². The molecule has 0 amide bonds. The Labute approximate surface area is 123 Å². The summed E-state index contributed by atoms with van der Waals surface area (Å²) >= 11 is 0. The second-order valence-electron chi connectivity index (χ2n) is 4.73. The van der Waals surface area contributed by atoms with Gasteiger partial charge in [-0.1, -0.05) is 18.2 Å². The number of methoxy groups -OCH3 is 1. The molecule has 0 saturated heterocycles. The lowest BCUT2D eigenvalue weighted by atomic mass is 10.1. The molecule has 1 N–H and O–H groups in total. The lowest BCUT2D eigenvalue weighted by Gasteiger charge is -2.10. The van der Waals surface area contributed by atoms with E-state index in [1.54, 1.807) is 20.1 Å². The average Bonchev–Trinajstić information content (AvgIpc) is 2.49. The summed E-state index contributed by atoms with van der Waals surface area (Å²) in [5.74, 6) is 0.834. The Morgan fingerprint density at radius 1 is 1.19 bits per heavy atom. The van der Waals surface area contributed by atoms with Crippen molar-refractivity contribution in [2.45, 2.75) is 13.3 Å². The Hall–Kier alpha value is -2.56. The third kappa shape index (κ3) is 3.72. The van der Waals surface area contributed by atoms with E-state index >= 15 is 0 Å². The molecule has 0 heterocycles.